The number of aliphatic hydroxyl groups is 1. The van der Waals surface area contributed by atoms with Gasteiger partial charge in [0.05, 0.1) is 6.10 Å². The highest BCUT2D eigenvalue weighted by atomic mass is 16.3. The highest BCUT2D eigenvalue weighted by Gasteiger charge is 2.05. The van der Waals surface area contributed by atoms with Crippen LogP contribution in [0.1, 0.15) is 17.2 Å². The number of nitrogens with one attached hydrogen (secondary N) is 1. The van der Waals surface area contributed by atoms with E-state index in [0.717, 1.165) is 12.1 Å². The van der Waals surface area contributed by atoms with Crippen LogP contribution < -0.4 is 5.32 Å². The molecule has 0 aliphatic rings. The van der Waals surface area contributed by atoms with Crippen molar-refractivity contribution in [1.29, 1.82) is 0 Å². The van der Waals surface area contributed by atoms with Gasteiger partial charge in [-0.25, -0.2) is 0 Å². The SMILES string of the molecule is C=CCNCC(O)c1ccc(C)cc1. The Morgan fingerprint density at radius 2 is 2.07 bits per heavy atom. The summed E-state index contributed by atoms with van der Waals surface area (Å²) >= 11 is 0. The summed E-state index contributed by atoms with van der Waals surface area (Å²) in [4.78, 5) is 0. The Morgan fingerprint density at radius 3 is 2.64 bits per heavy atom. The van der Waals surface area contributed by atoms with Gasteiger partial charge in [-0.3, -0.25) is 0 Å². The summed E-state index contributed by atoms with van der Waals surface area (Å²) in [7, 11) is 0. The van der Waals surface area contributed by atoms with Gasteiger partial charge >= 0.3 is 0 Å². The van der Waals surface area contributed by atoms with E-state index < -0.39 is 6.10 Å². The molecule has 76 valence electrons. The van der Waals surface area contributed by atoms with Crippen molar-refractivity contribution in [3.05, 3.63) is 48.0 Å². The van der Waals surface area contributed by atoms with E-state index in [9.17, 15) is 5.11 Å². The Labute approximate surface area is 85.3 Å². The van der Waals surface area contributed by atoms with E-state index in [-0.39, 0.29) is 0 Å². The van der Waals surface area contributed by atoms with E-state index in [0.29, 0.717) is 6.54 Å². The van der Waals surface area contributed by atoms with Crippen molar-refractivity contribution >= 4 is 0 Å². The van der Waals surface area contributed by atoms with Crippen LogP contribution in [0.5, 0.6) is 0 Å². The molecule has 0 aliphatic heterocycles. The van der Waals surface area contributed by atoms with Crippen molar-refractivity contribution in [1.82, 2.24) is 5.32 Å². The lowest BCUT2D eigenvalue weighted by Gasteiger charge is -2.11. The summed E-state index contributed by atoms with van der Waals surface area (Å²) in [6.07, 6.45) is 1.34. The fourth-order valence-electron chi connectivity index (χ4n) is 1.23. The predicted octanol–water partition coefficient (Wildman–Crippen LogP) is 1.80. The van der Waals surface area contributed by atoms with E-state index in [4.69, 9.17) is 0 Å². The third kappa shape index (κ3) is 3.32. The van der Waals surface area contributed by atoms with Crippen LogP contribution in [0.4, 0.5) is 0 Å². The first-order valence-electron chi connectivity index (χ1n) is 4.80. The molecule has 2 nitrogen and oxygen atoms in total. The lowest BCUT2D eigenvalue weighted by Crippen LogP contribution is -2.21. The molecule has 1 rings (SSSR count). The molecule has 0 aromatic heterocycles. The standard InChI is InChI=1S/C12H17NO/c1-3-8-13-9-12(14)11-6-4-10(2)5-7-11/h3-7,12-14H,1,8-9H2,2H3. The van der Waals surface area contributed by atoms with E-state index in [1.54, 1.807) is 6.08 Å². The van der Waals surface area contributed by atoms with Gasteiger partial charge in [0.2, 0.25) is 0 Å². The van der Waals surface area contributed by atoms with Crippen LogP contribution in [0.15, 0.2) is 36.9 Å². The topological polar surface area (TPSA) is 32.3 Å². The molecule has 2 heteroatoms. The van der Waals surface area contributed by atoms with Gasteiger partial charge in [0.25, 0.3) is 0 Å². The van der Waals surface area contributed by atoms with E-state index in [1.807, 2.05) is 31.2 Å². The summed E-state index contributed by atoms with van der Waals surface area (Å²) in [5.41, 5.74) is 2.16. The molecule has 0 aliphatic carbocycles. The summed E-state index contributed by atoms with van der Waals surface area (Å²) in [6, 6.07) is 7.92. The maximum absolute atomic E-state index is 9.74. The lowest BCUT2D eigenvalue weighted by atomic mass is 10.1. The molecule has 0 saturated carbocycles. The molecule has 0 fully saturated rings. The predicted molar refractivity (Wildman–Crippen MR) is 59.2 cm³/mol. The monoisotopic (exact) mass is 191 g/mol. The number of aryl methyl sites for hydroxylation is 1. The van der Waals surface area contributed by atoms with Crippen molar-refractivity contribution in [2.24, 2.45) is 0 Å². The zero-order chi connectivity index (χ0) is 10.4. The molecule has 14 heavy (non-hydrogen) atoms. The van der Waals surface area contributed by atoms with Gasteiger partial charge < -0.3 is 10.4 Å². The minimum Gasteiger partial charge on any atom is -0.387 e. The second-order valence-electron chi connectivity index (χ2n) is 3.37. The number of hydrogen-bond acceptors (Lipinski definition) is 2. The van der Waals surface area contributed by atoms with Gasteiger partial charge in [-0.05, 0) is 12.5 Å². The van der Waals surface area contributed by atoms with Gasteiger partial charge in [-0.2, -0.15) is 0 Å². The van der Waals surface area contributed by atoms with Crippen LogP contribution in [-0.4, -0.2) is 18.2 Å². The van der Waals surface area contributed by atoms with Crippen molar-refractivity contribution in [3.8, 4) is 0 Å². The maximum atomic E-state index is 9.74. The van der Waals surface area contributed by atoms with E-state index in [1.165, 1.54) is 5.56 Å². The Balaban J connectivity index is 2.47. The molecule has 2 N–H and O–H groups in total. The first-order chi connectivity index (χ1) is 6.74. The zero-order valence-corrected chi connectivity index (χ0v) is 8.53. The second-order valence-corrected chi connectivity index (χ2v) is 3.37. The molecular weight excluding hydrogens is 174 g/mol. The minimum absolute atomic E-state index is 0.435. The van der Waals surface area contributed by atoms with Gasteiger partial charge in [-0.15, -0.1) is 6.58 Å². The molecular formula is C12H17NO. The normalized spacial score (nSPS) is 12.4. The van der Waals surface area contributed by atoms with E-state index >= 15 is 0 Å². The minimum atomic E-state index is -0.435. The Hall–Kier alpha value is -1.12. The van der Waals surface area contributed by atoms with Gasteiger partial charge in [0, 0.05) is 13.1 Å². The molecule has 0 saturated heterocycles. The number of hydrogen-bond donors (Lipinski definition) is 2. The van der Waals surface area contributed by atoms with Gasteiger partial charge in [-0.1, -0.05) is 35.9 Å². The Morgan fingerprint density at radius 1 is 1.43 bits per heavy atom. The number of benzene rings is 1. The zero-order valence-electron chi connectivity index (χ0n) is 8.53. The number of aliphatic hydroxyl groups excluding tert-OH is 1. The van der Waals surface area contributed by atoms with Crippen molar-refractivity contribution in [2.45, 2.75) is 13.0 Å². The second kappa shape index (κ2) is 5.58. The highest BCUT2D eigenvalue weighted by molar-refractivity contribution is 5.23. The van der Waals surface area contributed by atoms with Gasteiger partial charge in [0.1, 0.15) is 0 Å². The molecule has 1 atom stereocenters. The fourth-order valence-corrected chi connectivity index (χ4v) is 1.23. The molecule has 1 aromatic carbocycles. The van der Waals surface area contributed by atoms with Crippen LogP contribution in [0.2, 0.25) is 0 Å². The molecule has 0 radical (unpaired) electrons. The first-order valence-corrected chi connectivity index (χ1v) is 4.80. The van der Waals surface area contributed by atoms with Crippen LogP contribution >= 0.6 is 0 Å². The molecule has 0 spiro atoms. The van der Waals surface area contributed by atoms with Gasteiger partial charge in [0.15, 0.2) is 0 Å². The molecule has 0 amide bonds. The maximum Gasteiger partial charge on any atom is 0.0914 e. The summed E-state index contributed by atoms with van der Waals surface area (Å²) < 4.78 is 0. The Bertz CT molecular complexity index is 279. The Kier molecular flexibility index (Phi) is 4.36. The van der Waals surface area contributed by atoms with Crippen molar-refractivity contribution in [3.63, 3.8) is 0 Å². The average molecular weight is 191 g/mol. The molecule has 1 aromatic rings. The molecule has 1 unspecified atom stereocenters. The van der Waals surface area contributed by atoms with Crippen LogP contribution in [0, 0.1) is 6.92 Å². The third-order valence-electron chi connectivity index (χ3n) is 2.09. The van der Waals surface area contributed by atoms with Crippen LogP contribution in [-0.2, 0) is 0 Å². The fraction of sp³-hybridized carbons (Fsp3) is 0.333. The van der Waals surface area contributed by atoms with E-state index in [2.05, 4.69) is 11.9 Å². The van der Waals surface area contributed by atoms with Crippen LogP contribution in [0.25, 0.3) is 0 Å². The van der Waals surface area contributed by atoms with Crippen molar-refractivity contribution < 1.29 is 5.11 Å². The highest BCUT2D eigenvalue weighted by Crippen LogP contribution is 2.12. The lowest BCUT2D eigenvalue weighted by molar-refractivity contribution is 0.176. The molecule has 0 heterocycles. The average Bonchev–Trinajstić information content (AvgIpc) is 2.19. The quantitative estimate of drug-likeness (QED) is 0.549. The summed E-state index contributed by atoms with van der Waals surface area (Å²) in [5, 5.41) is 12.8. The third-order valence-corrected chi connectivity index (χ3v) is 2.09. The smallest absolute Gasteiger partial charge is 0.0914 e. The molecule has 0 bridgehead atoms. The number of rotatable bonds is 5. The largest absolute Gasteiger partial charge is 0.387 e. The van der Waals surface area contributed by atoms with Crippen molar-refractivity contribution in [2.75, 3.05) is 13.1 Å². The summed E-state index contributed by atoms with van der Waals surface area (Å²) in [5.74, 6) is 0. The van der Waals surface area contributed by atoms with Crippen LogP contribution in [0.3, 0.4) is 0 Å². The summed E-state index contributed by atoms with van der Waals surface area (Å²) in [6.45, 7) is 6.92. The first kappa shape index (κ1) is 11.0.